The van der Waals surface area contributed by atoms with E-state index in [1.165, 1.54) is 31.5 Å². The molecule has 0 radical (unpaired) electrons. The standard InChI is InChI=1S/C30H31FN6O4/c1-30(2,3)41-29(39)37-16-17-14-18(37)15-36(17)26-19-10-12-32-21(19)8-9-22(26)35-28(38)23-11-13-33-27(34-23)25-20(31)6-5-7-24(25)40-4/h5-13,17-18,32H,14-16H2,1-4H3,(H,35,38)/t17-,18-/m0/s1. The molecule has 4 heterocycles. The average molecular weight is 559 g/mol. The number of nitrogens with one attached hydrogen (secondary N) is 2. The molecule has 2 amide bonds. The van der Waals surface area contributed by atoms with Crippen LogP contribution in [0.4, 0.5) is 20.6 Å². The number of rotatable bonds is 5. The molecule has 2 aromatic carbocycles. The van der Waals surface area contributed by atoms with Crippen molar-refractivity contribution >= 4 is 34.3 Å². The Labute approximate surface area is 236 Å². The van der Waals surface area contributed by atoms with E-state index in [2.05, 4.69) is 25.2 Å². The smallest absolute Gasteiger partial charge is 0.410 e. The number of ether oxygens (including phenoxy) is 2. The molecule has 2 aliphatic heterocycles. The Bertz CT molecular complexity index is 1650. The SMILES string of the molecule is COc1cccc(F)c1-c1nccc(C(=O)Nc2ccc3[nH]ccc3c2N2C[C@@H]3C[C@H]2CN3C(=O)OC(C)(C)C)n1. The second-order valence-corrected chi connectivity index (χ2v) is 11.3. The summed E-state index contributed by atoms with van der Waals surface area (Å²) < 4.78 is 25.6. The van der Waals surface area contributed by atoms with Crippen LogP contribution in [-0.4, -0.2) is 69.7 Å². The van der Waals surface area contributed by atoms with Gasteiger partial charge in [0.1, 0.15) is 22.9 Å². The highest BCUT2D eigenvalue weighted by Crippen LogP contribution is 2.42. The fraction of sp³-hybridized carbons (Fsp3) is 0.333. The number of aromatic nitrogens is 3. The molecule has 0 saturated carbocycles. The van der Waals surface area contributed by atoms with Crippen molar-refractivity contribution < 1.29 is 23.5 Å². The van der Waals surface area contributed by atoms with Crippen molar-refractivity contribution in [3.63, 3.8) is 0 Å². The van der Waals surface area contributed by atoms with Gasteiger partial charge >= 0.3 is 6.09 Å². The fourth-order valence-corrected chi connectivity index (χ4v) is 5.70. The van der Waals surface area contributed by atoms with Crippen LogP contribution in [0.15, 0.2) is 54.9 Å². The Morgan fingerprint density at radius 3 is 2.66 bits per heavy atom. The summed E-state index contributed by atoms with van der Waals surface area (Å²) >= 11 is 0. The number of H-pyrrole nitrogens is 1. The molecular weight excluding hydrogens is 527 g/mol. The third-order valence-electron chi connectivity index (χ3n) is 7.42. The van der Waals surface area contributed by atoms with Gasteiger partial charge in [0.05, 0.1) is 30.1 Å². The quantitative estimate of drug-likeness (QED) is 0.345. The lowest BCUT2D eigenvalue weighted by Gasteiger charge is -2.37. The maximum absolute atomic E-state index is 14.7. The normalized spacial score (nSPS) is 18.2. The third-order valence-corrected chi connectivity index (χ3v) is 7.42. The first kappa shape index (κ1) is 26.5. The van der Waals surface area contributed by atoms with E-state index in [1.54, 1.807) is 11.0 Å². The Balaban J connectivity index is 1.28. The van der Waals surface area contributed by atoms with E-state index >= 15 is 0 Å². The predicted octanol–water partition coefficient (Wildman–Crippen LogP) is 5.22. The number of hydrogen-bond donors (Lipinski definition) is 2. The van der Waals surface area contributed by atoms with Crippen molar-refractivity contribution in [2.45, 2.75) is 44.9 Å². The number of piperazine rings is 1. The van der Waals surface area contributed by atoms with Crippen molar-refractivity contribution in [2.24, 2.45) is 0 Å². The van der Waals surface area contributed by atoms with Crippen LogP contribution in [0.2, 0.25) is 0 Å². The molecule has 0 unspecified atom stereocenters. The first-order chi connectivity index (χ1) is 19.6. The number of benzene rings is 2. The van der Waals surface area contributed by atoms with Gasteiger partial charge in [-0.3, -0.25) is 4.79 Å². The van der Waals surface area contributed by atoms with E-state index < -0.39 is 17.3 Å². The first-order valence-electron chi connectivity index (χ1n) is 13.5. The van der Waals surface area contributed by atoms with E-state index in [9.17, 15) is 14.0 Å². The summed E-state index contributed by atoms with van der Waals surface area (Å²) in [5, 5.41) is 3.97. The molecule has 2 bridgehead atoms. The van der Waals surface area contributed by atoms with Gasteiger partial charge in [-0.15, -0.1) is 0 Å². The Morgan fingerprint density at radius 2 is 1.93 bits per heavy atom. The number of nitrogens with zero attached hydrogens (tertiary/aromatic N) is 4. The van der Waals surface area contributed by atoms with E-state index in [0.717, 1.165) is 23.0 Å². The lowest BCUT2D eigenvalue weighted by Crippen LogP contribution is -2.50. The van der Waals surface area contributed by atoms with Gasteiger partial charge in [0.25, 0.3) is 5.91 Å². The predicted molar refractivity (Wildman–Crippen MR) is 153 cm³/mol. The Hall–Kier alpha value is -4.67. The molecule has 41 heavy (non-hydrogen) atoms. The van der Waals surface area contributed by atoms with Gasteiger partial charge in [-0.1, -0.05) is 6.07 Å². The van der Waals surface area contributed by atoms with E-state index in [1.807, 2.05) is 45.2 Å². The summed E-state index contributed by atoms with van der Waals surface area (Å²) in [6, 6.07) is 11.7. The molecule has 2 saturated heterocycles. The van der Waals surface area contributed by atoms with Crippen LogP contribution in [0, 0.1) is 5.82 Å². The number of fused-ring (bicyclic) bond motifs is 3. The number of likely N-dealkylation sites (tertiary alicyclic amines) is 1. The van der Waals surface area contributed by atoms with Crippen LogP contribution in [0.25, 0.3) is 22.3 Å². The van der Waals surface area contributed by atoms with Crippen LogP contribution in [0.3, 0.4) is 0 Å². The molecule has 212 valence electrons. The van der Waals surface area contributed by atoms with Gasteiger partial charge < -0.3 is 29.6 Å². The largest absolute Gasteiger partial charge is 0.496 e. The minimum Gasteiger partial charge on any atom is -0.496 e. The molecule has 6 rings (SSSR count). The number of anilines is 2. The second-order valence-electron chi connectivity index (χ2n) is 11.3. The zero-order chi connectivity index (χ0) is 28.9. The Morgan fingerprint density at radius 1 is 1.10 bits per heavy atom. The van der Waals surface area contributed by atoms with E-state index in [0.29, 0.717) is 18.8 Å². The molecule has 2 aromatic heterocycles. The third kappa shape index (κ3) is 4.92. The molecule has 2 fully saturated rings. The van der Waals surface area contributed by atoms with Crippen molar-refractivity contribution in [1.29, 1.82) is 0 Å². The average Bonchev–Trinajstić information content (AvgIpc) is 3.68. The van der Waals surface area contributed by atoms with Crippen molar-refractivity contribution in [3.05, 3.63) is 66.4 Å². The number of carbonyl (C=O) groups is 2. The van der Waals surface area contributed by atoms with Crippen LogP contribution < -0.4 is 15.0 Å². The van der Waals surface area contributed by atoms with Crippen LogP contribution >= 0.6 is 0 Å². The summed E-state index contributed by atoms with van der Waals surface area (Å²) in [5.41, 5.74) is 2.02. The highest BCUT2D eigenvalue weighted by molar-refractivity contribution is 6.09. The number of hydrogen-bond acceptors (Lipinski definition) is 7. The summed E-state index contributed by atoms with van der Waals surface area (Å²) in [7, 11) is 1.44. The fourth-order valence-electron chi connectivity index (χ4n) is 5.70. The molecular formula is C30H31FN6O4. The van der Waals surface area contributed by atoms with Crippen molar-refractivity contribution in [1.82, 2.24) is 19.9 Å². The van der Waals surface area contributed by atoms with Gasteiger partial charge in [0, 0.05) is 42.4 Å². The molecule has 2 atom stereocenters. The zero-order valence-electron chi connectivity index (χ0n) is 23.3. The maximum Gasteiger partial charge on any atom is 0.410 e. The summed E-state index contributed by atoms with van der Waals surface area (Å²) in [6.45, 7) is 6.73. The summed E-state index contributed by atoms with van der Waals surface area (Å²) in [5.74, 6) is -0.688. The van der Waals surface area contributed by atoms with Crippen molar-refractivity contribution in [2.75, 3.05) is 30.4 Å². The number of aromatic amines is 1. The lowest BCUT2D eigenvalue weighted by molar-refractivity contribution is 0.0215. The molecule has 11 heteroatoms. The lowest BCUT2D eigenvalue weighted by atomic mass is 10.1. The van der Waals surface area contributed by atoms with E-state index in [4.69, 9.17) is 9.47 Å². The number of halogens is 1. The second kappa shape index (κ2) is 10.1. The first-order valence-corrected chi connectivity index (χ1v) is 13.5. The van der Waals surface area contributed by atoms with Crippen LogP contribution in [-0.2, 0) is 4.74 Å². The van der Waals surface area contributed by atoms with Gasteiger partial charge in [-0.2, -0.15) is 0 Å². The van der Waals surface area contributed by atoms with Gasteiger partial charge in [0.2, 0.25) is 0 Å². The van der Waals surface area contributed by atoms with Gasteiger partial charge in [-0.25, -0.2) is 19.2 Å². The van der Waals surface area contributed by atoms with Gasteiger partial charge in [0.15, 0.2) is 5.82 Å². The molecule has 2 N–H and O–H groups in total. The summed E-state index contributed by atoms with van der Waals surface area (Å²) in [6.07, 6.45) is 3.79. The molecule has 2 aliphatic rings. The summed E-state index contributed by atoms with van der Waals surface area (Å²) in [4.78, 5) is 42.2. The molecule has 4 aromatic rings. The minimum absolute atomic E-state index is 0.00720. The number of methoxy groups -OCH3 is 1. The van der Waals surface area contributed by atoms with E-state index in [-0.39, 0.29) is 41.0 Å². The van der Waals surface area contributed by atoms with Crippen molar-refractivity contribution in [3.8, 4) is 17.1 Å². The molecule has 10 nitrogen and oxygen atoms in total. The minimum atomic E-state index is -0.564. The monoisotopic (exact) mass is 558 g/mol. The zero-order valence-corrected chi connectivity index (χ0v) is 23.3. The number of carbonyl (C=O) groups excluding carboxylic acids is 2. The highest BCUT2D eigenvalue weighted by Gasteiger charge is 2.47. The Kier molecular flexibility index (Phi) is 6.51. The topological polar surface area (TPSA) is 113 Å². The molecule has 0 spiro atoms. The molecule has 0 aliphatic carbocycles. The van der Waals surface area contributed by atoms with Crippen LogP contribution in [0.5, 0.6) is 5.75 Å². The van der Waals surface area contributed by atoms with Gasteiger partial charge in [-0.05, 0) is 63.6 Å². The maximum atomic E-state index is 14.7. The number of amides is 2. The highest BCUT2D eigenvalue weighted by atomic mass is 19.1. The van der Waals surface area contributed by atoms with Crippen LogP contribution in [0.1, 0.15) is 37.7 Å².